The van der Waals surface area contributed by atoms with Gasteiger partial charge in [0.05, 0.1) is 6.54 Å². The summed E-state index contributed by atoms with van der Waals surface area (Å²) in [7, 11) is 2.05. The topological polar surface area (TPSA) is 36.6 Å². The first-order valence-electron chi connectivity index (χ1n) is 5.50. The molecule has 0 amide bonds. The highest BCUT2D eigenvalue weighted by molar-refractivity contribution is 5.05. The molecule has 1 heterocycles. The maximum Gasteiger partial charge on any atom is 0.118 e. The maximum atomic E-state index is 9.10. The number of rotatable bonds is 6. The van der Waals surface area contributed by atoms with E-state index in [4.69, 9.17) is 9.52 Å². The van der Waals surface area contributed by atoms with Crippen molar-refractivity contribution in [1.82, 2.24) is 4.90 Å². The minimum absolute atomic E-state index is 0.262. The molecule has 1 N–H and O–H groups in total. The van der Waals surface area contributed by atoms with E-state index in [1.807, 2.05) is 19.1 Å². The Morgan fingerprint density at radius 2 is 2.20 bits per heavy atom. The second kappa shape index (κ2) is 5.93. The summed E-state index contributed by atoms with van der Waals surface area (Å²) in [4.78, 5) is 2.18. The Hall–Kier alpha value is -0.800. The van der Waals surface area contributed by atoms with Gasteiger partial charge >= 0.3 is 0 Å². The van der Waals surface area contributed by atoms with Gasteiger partial charge in [0.25, 0.3) is 0 Å². The fraction of sp³-hybridized carbons (Fsp3) is 0.667. The number of hydrogen-bond acceptors (Lipinski definition) is 3. The molecule has 3 nitrogen and oxygen atoms in total. The van der Waals surface area contributed by atoms with Crippen LogP contribution in [0.4, 0.5) is 0 Å². The second-order valence-electron chi connectivity index (χ2n) is 4.17. The van der Waals surface area contributed by atoms with Gasteiger partial charge in [-0.2, -0.15) is 0 Å². The minimum atomic E-state index is 0.262. The Morgan fingerprint density at radius 3 is 2.67 bits per heavy atom. The van der Waals surface area contributed by atoms with E-state index in [-0.39, 0.29) is 6.61 Å². The zero-order chi connectivity index (χ0) is 11.3. The zero-order valence-corrected chi connectivity index (χ0v) is 9.86. The van der Waals surface area contributed by atoms with E-state index >= 15 is 0 Å². The van der Waals surface area contributed by atoms with Crippen LogP contribution in [0.25, 0.3) is 0 Å². The van der Waals surface area contributed by atoms with Gasteiger partial charge in [-0.1, -0.05) is 6.92 Å². The lowest BCUT2D eigenvalue weighted by molar-refractivity contribution is 0.168. The first kappa shape index (κ1) is 12.3. The van der Waals surface area contributed by atoms with Crippen LogP contribution in [0, 0.1) is 12.8 Å². The quantitative estimate of drug-likeness (QED) is 0.782. The van der Waals surface area contributed by atoms with Crippen molar-refractivity contribution in [3.63, 3.8) is 0 Å². The lowest BCUT2D eigenvalue weighted by Crippen LogP contribution is -2.26. The van der Waals surface area contributed by atoms with Crippen molar-refractivity contribution in [2.75, 3.05) is 20.2 Å². The van der Waals surface area contributed by atoms with Gasteiger partial charge in [0.15, 0.2) is 0 Å². The van der Waals surface area contributed by atoms with Gasteiger partial charge in [-0.15, -0.1) is 0 Å². The third kappa shape index (κ3) is 4.06. The van der Waals surface area contributed by atoms with Crippen molar-refractivity contribution in [3.05, 3.63) is 23.7 Å². The second-order valence-corrected chi connectivity index (χ2v) is 4.17. The standard InChI is InChI=1S/C12H21NO2/c1-4-11(9-14)7-13(3)8-12-6-5-10(2)15-12/h5-6,11,14H,4,7-9H2,1-3H3. The van der Waals surface area contributed by atoms with E-state index < -0.39 is 0 Å². The van der Waals surface area contributed by atoms with E-state index in [0.29, 0.717) is 5.92 Å². The Morgan fingerprint density at radius 1 is 1.47 bits per heavy atom. The van der Waals surface area contributed by atoms with Crippen molar-refractivity contribution < 1.29 is 9.52 Å². The van der Waals surface area contributed by atoms with Crippen LogP contribution < -0.4 is 0 Å². The predicted octanol–water partition coefficient (Wildman–Crippen LogP) is 2.04. The van der Waals surface area contributed by atoms with Crippen LogP contribution in [-0.2, 0) is 6.54 Å². The first-order valence-corrected chi connectivity index (χ1v) is 5.50. The molecular formula is C12H21NO2. The summed E-state index contributed by atoms with van der Waals surface area (Å²) >= 11 is 0. The summed E-state index contributed by atoms with van der Waals surface area (Å²) in [5.74, 6) is 2.31. The smallest absolute Gasteiger partial charge is 0.118 e. The van der Waals surface area contributed by atoms with Gasteiger partial charge < -0.3 is 9.52 Å². The van der Waals surface area contributed by atoms with Crippen LogP contribution in [-0.4, -0.2) is 30.2 Å². The summed E-state index contributed by atoms with van der Waals surface area (Å²) in [5.41, 5.74) is 0. The van der Waals surface area contributed by atoms with E-state index in [9.17, 15) is 0 Å². The van der Waals surface area contributed by atoms with E-state index in [1.165, 1.54) is 0 Å². The third-order valence-corrected chi connectivity index (χ3v) is 2.63. The predicted molar refractivity (Wildman–Crippen MR) is 60.6 cm³/mol. The van der Waals surface area contributed by atoms with Crippen LogP contribution in [0.3, 0.4) is 0 Å². The number of aliphatic hydroxyl groups is 1. The highest BCUT2D eigenvalue weighted by Gasteiger charge is 2.10. The first-order chi connectivity index (χ1) is 7.15. The Labute approximate surface area is 91.7 Å². The fourth-order valence-electron chi connectivity index (χ4n) is 1.66. The molecule has 1 rings (SSSR count). The summed E-state index contributed by atoms with van der Waals surface area (Å²) in [6, 6.07) is 3.98. The van der Waals surface area contributed by atoms with E-state index in [2.05, 4.69) is 18.9 Å². The van der Waals surface area contributed by atoms with Crippen molar-refractivity contribution in [2.45, 2.75) is 26.8 Å². The molecule has 0 aliphatic carbocycles. The summed E-state index contributed by atoms with van der Waals surface area (Å²) in [6.07, 6.45) is 1.01. The molecule has 0 spiro atoms. The van der Waals surface area contributed by atoms with E-state index in [1.54, 1.807) is 0 Å². The largest absolute Gasteiger partial charge is 0.465 e. The van der Waals surface area contributed by atoms with Gasteiger partial charge in [-0.25, -0.2) is 0 Å². The van der Waals surface area contributed by atoms with Gasteiger partial charge in [-0.3, -0.25) is 4.90 Å². The Bertz CT molecular complexity index is 279. The minimum Gasteiger partial charge on any atom is -0.465 e. The van der Waals surface area contributed by atoms with Gasteiger partial charge in [0.1, 0.15) is 11.5 Å². The molecule has 86 valence electrons. The van der Waals surface area contributed by atoms with E-state index in [0.717, 1.165) is 31.0 Å². The van der Waals surface area contributed by atoms with Crippen LogP contribution in [0.2, 0.25) is 0 Å². The molecule has 0 radical (unpaired) electrons. The molecule has 0 bridgehead atoms. The van der Waals surface area contributed by atoms with Crippen LogP contribution in [0.1, 0.15) is 24.9 Å². The molecule has 3 heteroatoms. The summed E-state index contributed by atoms with van der Waals surface area (Å²) in [6.45, 7) is 6.03. The fourth-order valence-corrected chi connectivity index (χ4v) is 1.66. The molecule has 0 fully saturated rings. The monoisotopic (exact) mass is 211 g/mol. The van der Waals surface area contributed by atoms with Gasteiger partial charge in [0.2, 0.25) is 0 Å². The number of aliphatic hydroxyl groups excluding tert-OH is 1. The molecule has 15 heavy (non-hydrogen) atoms. The number of nitrogens with zero attached hydrogens (tertiary/aromatic N) is 1. The van der Waals surface area contributed by atoms with Crippen LogP contribution in [0.5, 0.6) is 0 Å². The third-order valence-electron chi connectivity index (χ3n) is 2.63. The van der Waals surface area contributed by atoms with Crippen molar-refractivity contribution >= 4 is 0 Å². The summed E-state index contributed by atoms with van der Waals surface area (Å²) in [5, 5.41) is 9.10. The average Bonchev–Trinajstić information content (AvgIpc) is 2.60. The SMILES string of the molecule is CCC(CO)CN(C)Cc1ccc(C)o1. The number of hydrogen-bond donors (Lipinski definition) is 1. The normalized spacial score (nSPS) is 13.4. The molecule has 0 saturated heterocycles. The maximum absolute atomic E-state index is 9.10. The Kier molecular flexibility index (Phi) is 4.85. The van der Waals surface area contributed by atoms with Gasteiger partial charge in [0, 0.05) is 13.2 Å². The number of furan rings is 1. The van der Waals surface area contributed by atoms with Gasteiger partial charge in [-0.05, 0) is 38.4 Å². The molecule has 0 saturated carbocycles. The molecule has 1 aromatic heterocycles. The highest BCUT2D eigenvalue weighted by atomic mass is 16.3. The van der Waals surface area contributed by atoms with Crippen LogP contribution in [0.15, 0.2) is 16.5 Å². The zero-order valence-electron chi connectivity index (χ0n) is 9.86. The lowest BCUT2D eigenvalue weighted by atomic mass is 10.1. The number of aryl methyl sites for hydroxylation is 1. The highest BCUT2D eigenvalue weighted by Crippen LogP contribution is 2.10. The molecule has 0 aliphatic heterocycles. The average molecular weight is 211 g/mol. The molecule has 1 unspecified atom stereocenters. The molecule has 0 aromatic carbocycles. The molecule has 0 aliphatic rings. The lowest BCUT2D eigenvalue weighted by Gasteiger charge is -2.20. The summed E-state index contributed by atoms with van der Waals surface area (Å²) < 4.78 is 5.50. The Balaban J connectivity index is 2.38. The molecule has 1 atom stereocenters. The van der Waals surface area contributed by atoms with Crippen molar-refractivity contribution in [1.29, 1.82) is 0 Å². The molecule has 1 aromatic rings. The van der Waals surface area contributed by atoms with Crippen molar-refractivity contribution in [2.24, 2.45) is 5.92 Å². The van der Waals surface area contributed by atoms with Crippen LogP contribution >= 0.6 is 0 Å². The molecular weight excluding hydrogens is 190 g/mol. The van der Waals surface area contributed by atoms with Crippen molar-refractivity contribution in [3.8, 4) is 0 Å².